The van der Waals surface area contributed by atoms with Gasteiger partial charge >= 0.3 is 0 Å². The summed E-state index contributed by atoms with van der Waals surface area (Å²) in [4.78, 5) is 18.9. The van der Waals surface area contributed by atoms with E-state index in [2.05, 4.69) is 67.2 Å². The number of benzene rings is 2. The average Bonchev–Trinajstić information content (AvgIpc) is 3.00. The van der Waals surface area contributed by atoms with Gasteiger partial charge in [0, 0.05) is 34.9 Å². The van der Waals surface area contributed by atoms with E-state index >= 15 is 0 Å². The molecule has 30 heavy (non-hydrogen) atoms. The van der Waals surface area contributed by atoms with E-state index in [1.54, 1.807) is 0 Å². The average molecular weight is 404 g/mol. The molecule has 0 radical (unpaired) electrons. The highest BCUT2D eigenvalue weighted by Gasteiger charge is 2.18. The van der Waals surface area contributed by atoms with Crippen molar-refractivity contribution in [3.05, 3.63) is 64.3 Å². The lowest BCUT2D eigenvalue weighted by Gasteiger charge is -2.33. The van der Waals surface area contributed by atoms with Gasteiger partial charge in [-0.15, -0.1) is 0 Å². The molecule has 0 bridgehead atoms. The van der Waals surface area contributed by atoms with Gasteiger partial charge in [0.25, 0.3) is 0 Å². The Bertz CT molecular complexity index is 1070. The van der Waals surface area contributed by atoms with Crippen LogP contribution in [0.4, 0.5) is 5.69 Å². The number of hydrogen-bond acceptors (Lipinski definition) is 2. The van der Waals surface area contributed by atoms with Crippen molar-refractivity contribution in [2.45, 2.75) is 66.0 Å². The van der Waals surface area contributed by atoms with Crippen LogP contribution in [-0.4, -0.2) is 28.4 Å². The maximum Gasteiger partial charge on any atom is 0.228 e. The van der Waals surface area contributed by atoms with E-state index in [0.29, 0.717) is 12.5 Å². The van der Waals surface area contributed by atoms with Gasteiger partial charge in [-0.05, 0) is 82.0 Å². The number of aromatic amines is 1. The van der Waals surface area contributed by atoms with E-state index < -0.39 is 0 Å². The Kier molecular flexibility index (Phi) is 5.96. The van der Waals surface area contributed by atoms with E-state index in [4.69, 9.17) is 0 Å². The summed E-state index contributed by atoms with van der Waals surface area (Å²) in [5.41, 5.74) is 7.88. The van der Waals surface area contributed by atoms with Crippen molar-refractivity contribution < 1.29 is 4.79 Å². The lowest BCUT2D eigenvalue weighted by molar-refractivity contribution is -0.115. The first kappa shape index (κ1) is 20.7. The summed E-state index contributed by atoms with van der Waals surface area (Å²) < 4.78 is 0. The Morgan fingerprint density at radius 1 is 1.17 bits per heavy atom. The van der Waals surface area contributed by atoms with Gasteiger partial charge in [0.2, 0.25) is 5.91 Å². The first-order valence-electron chi connectivity index (χ1n) is 11.1. The van der Waals surface area contributed by atoms with Crippen LogP contribution in [0, 0.1) is 20.8 Å². The van der Waals surface area contributed by atoms with E-state index in [1.807, 2.05) is 12.1 Å². The third-order valence-electron chi connectivity index (χ3n) is 6.44. The van der Waals surface area contributed by atoms with Crippen LogP contribution in [0.15, 0.2) is 36.4 Å². The summed E-state index contributed by atoms with van der Waals surface area (Å²) in [5.74, 6) is 0.0293. The Labute approximate surface area is 179 Å². The van der Waals surface area contributed by atoms with Crippen molar-refractivity contribution >= 4 is 22.5 Å². The van der Waals surface area contributed by atoms with E-state index in [1.165, 1.54) is 36.0 Å². The normalized spacial score (nSPS) is 17.4. The lowest BCUT2D eigenvalue weighted by atomic mass is 10.0. The molecule has 1 unspecified atom stereocenters. The number of aryl methyl sites for hydroxylation is 3. The molecule has 0 aliphatic carbocycles. The highest BCUT2D eigenvalue weighted by atomic mass is 16.1. The van der Waals surface area contributed by atoms with Crippen molar-refractivity contribution in [1.82, 2.24) is 9.88 Å². The van der Waals surface area contributed by atoms with Gasteiger partial charge in [0.15, 0.2) is 0 Å². The SMILES string of the molecule is Cc1cc(C)c2[nH]c(C)c(CC(=O)Nc3cccc(CN4CCCCC4C)c3)c2c1. The van der Waals surface area contributed by atoms with E-state index in [-0.39, 0.29) is 5.91 Å². The molecule has 1 aromatic heterocycles. The predicted molar refractivity (Wildman–Crippen MR) is 125 cm³/mol. The monoisotopic (exact) mass is 403 g/mol. The van der Waals surface area contributed by atoms with Crippen molar-refractivity contribution in [2.75, 3.05) is 11.9 Å². The van der Waals surface area contributed by atoms with Crippen LogP contribution >= 0.6 is 0 Å². The summed E-state index contributed by atoms with van der Waals surface area (Å²) in [5, 5.41) is 4.28. The van der Waals surface area contributed by atoms with Crippen LogP contribution in [0.3, 0.4) is 0 Å². The van der Waals surface area contributed by atoms with Crippen LogP contribution in [0.1, 0.15) is 54.1 Å². The minimum absolute atomic E-state index is 0.0293. The van der Waals surface area contributed by atoms with Crippen molar-refractivity contribution in [2.24, 2.45) is 0 Å². The number of amides is 1. The van der Waals surface area contributed by atoms with Crippen LogP contribution < -0.4 is 5.32 Å². The van der Waals surface area contributed by atoms with Gasteiger partial charge in [0.1, 0.15) is 0 Å². The van der Waals surface area contributed by atoms with Gasteiger partial charge in [-0.2, -0.15) is 0 Å². The summed E-state index contributed by atoms with van der Waals surface area (Å²) in [6.45, 7) is 10.7. The second-order valence-electron chi connectivity index (χ2n) is 8.97. The van der Waals surface area contributed by atoms with Gasteiger partial charge < -0.3 is 10.3 Å². The summed E-state index contributed by atoms with van der Waals surface area (Å²) in [6.07, 6.45) is 4.27. The molecule has 1 aliphatic heterocycles. The molecule has 2 aromatic carbocycles. The van der Waals surface area contributed by atoms with Crippen LogP contribution in [0.2, 0.25) is 0 Å². The second-order valence-corrected chi connectivity index (χ2v) is 8.97. The summed E-state index contributed by atoms with van der Waals surface area (Å²) in [6, 6.07) is 13.3. The van der Waals surface area contributed by atoms with Crippen molar-refractivity contribution in [3.63, 3.8) is 0 Å². The number of fused-ring (bicyclic) bond motifs is 1. The number of H-pyrrole nitrogens is 1. The van der Waals surface area contributed by atoms with Crippen LogP contribution in [0.5, 0.6) is 0 Å². The topological polar surface area (TPSA) is 48.1 Å². The molecule has 1 fully saturated rings. The molecule has 1 saturated heterocycles. The zero-order chi connectivity index (χ0) is 21.3. The predicted octanol–water partition coefficient (Wildman–Crippen LogP) is 5.65. The minimum Gasteiger partial charge on any atom is -0.358 e. The maximum atomic E-state index is 12.9. The molecule has 3 aromatic rings. The fourth-order valence-corrected chi connectivity index (χ4v) is 4.80. The molecule has 0 spiro atoms. The Hall–Kier alpha value is -2.59. The van der Waals surface area contributed by atoms with E-state index in [0.717, 1.165) is 40.9 Å². The number of aromatic nitrogens is 1. The maximum absolute atomic E-state index is 12.9. The first-order chi connectivity index (χ1) is 14.4. The summed E-state index contributed by atoms with van der Waals surface area (Å²) >= 11 is 0. The third kappa shape index (κ3) is 4.44. The number of piperidine rings is 1. The number of nitrogens with one attached hydrogen (secondary N) is 2. The van der Waals surface area contributed by atoms with E-state index in [9.17, 15) is 4.79 Å². The Morgan fingerprint density at radius 3 is 2.80 bits per heavy atom. The van der Waals surface area contributed by atoms with Gasteiger partial charge in [-0.1, -0.05) is 30.2 Å². The molecule has 1 atom stereocenters. The molecule has 4 nitrogen and oxygen atoms in total. The van der Waals surface area contributed by atoms with Crippen molar-refractivity contribution in [1.29, 1.82) is 0 Å². The molecule has 1 amide bonds. The zero-order valence-electron chi connectivity index (χ0n) is 18.6. The highest BCUT2D eigenvalue weighted by molar-refractivity contribution is 5.97. The largest absolute Gasteiger partial charge is 0.358 e. The van der Waals surface area contributed by atoms with Crippen LogP contribution in [0.25, 0.3) is 10.9 Å². The fraction of sp³-hybridized carbons (Fsp3) is 0.423. The fourth-order valence-electron chi connectivity index (χ4n) is 4.80. The number of carbonyl (C=O) groups is 1. The van der Waals surface area contributed by atoms with Gasteiger partial charge in [0.05, 0.1) is 6.42 Å². The first-order valence-corrected chi connectivity index (χ1v) is 11.1. The standard InChI is InChI=1S/C26H33N3O/c1-17-12-18(2)26-24(13-17)23(20(4)27-26)15-25(30)28-22-10-7-9-21(14-22)16-29-11-6-5-8-19(29)3/h7,9-10,12-14,19,27H,5-6,8,11,15-16H2,1-4H3,(H,28,30). The lowest BCUT2D eigenvalue weighted by Crippen LogP contribution is -2.36. The van der Waals surface area contributed by atoms with Gasteiger partial charge in [-0.25, -0.2) is 0 Å². The molecular formula is C26H33N3O. The summed E-state index contributed by atoms with van der Waals surface area (Å²) in [7, 11) is 0. The van der Waals surface area contributed by atoms with Crippen molar-refractivity contribution in [3.8, 4) is 0 Å². The Balaban J connectivity index is 1.47. The molecule has 2 N–H and O–H groups in total. The molecular weight excluding hydrogens is 370 g/mol. The number of carbonyl (C=O) groups excluding carboxylic acids is 1. The number of rotatable bonds is 5. The molecule has 4 rings (SSSR count). The smallest absolute Gasteiger partial charge is 0.228 e. The molecule has 4 heteroatoms. The second kappa shape index (κ2) is 8.65. The van der Waals surface area contributed by atoms with Crippen LogP contribution in [-0.2, 0) is 17.8 Å². The molecule has 0 saturated carbocycles. The number of hydrogen-bond donors (Lipinski definition) is 2. The zero-order valence-corrected chi connectivity index (χ0v) is 18.6. The number of anilines is 1. The molecule has 2 heterocycles. The quantitative estimate of drug-likeness (QED) is 0.578. The Morgan fingerprint density at radius 2 is 2.00 bits per heavy atom. The van der Waals surface area contributed by atoms with Gasteiger partial charge in [-0.3, -0.25) is 9.69 Å². The number of nitrogens with zero attached hydrogens (tertiary/aromatic N) is 1. The molecule has 158 valence electrons. The number of likely N-dealkylation sites (tertiary alicyclic amines) is 1. The highest BCUT2D eigenvalue weighted by Crippen LogP contribution is 2.27. The molecule has 1 aliphatic rings. The minimum atomic E-state index is 0.0293. The third-order valence-corrected chi connectivity index (χ3v) is 6.44.